The molecule has 0 aromatic carbocycles. The highest BCUT2D eigenvalue weighted by molar-refractivity contribution is 14.0. The van der Waals surface area contributed by atoms with Crippen LogP contribution in [0.2, 0.25) is 0 Å². The Morgan fingerprint density at radius 2 is 1.96 bits per heavy atom. The first-order valence-electron chi connectivity index (χ1n) is 9.11. The molecular formula is C17H33IN4O. The van der Waals surface area contributed by atoms with Crippen molar-refractivity contribution in [2.45, 2.75) is 44.6 Å². The average molecular weight is 436 g/mol. The van der Waals surface area contributed by atoms with Crippen LogP contribution in [-0.4, -0.2) is 63.3 Å². The van der Waals surface area contributed by atoms with Crippen molar-refractivity contribution in [3.63, 3.8) is 0 Å². The molecule has 5 nitrogen and oxygen atoms in total. The zero-order valence-corrected chi connectivity index (χ0v) is 16.8. The summed E-state index contributed by atoms with van der Waals surface area (Å²) in [6.45, 7) is 6.36. The number of ether oxygens (including phenoxy) is 1. The molecule has 134 valence electrons. The van der Waals surface area contributed by atoms with E-state index in [4.69, 9.17) is 4.74 Å². The Balaban J connectivity index is 0.00000192. The zero-order chi connectivity index (χ0) is 15.2. The van der Waals surface area contributed by atoms with Crippen molar-refractivity contribution in [1.82, 2.24) is 15.5 Å². The number of nitrogens with zero attached hydrogens (tertiary/aromatic N) is 2. The standard InChI is InChI=1S/C17H32N4O.HI/c1-18-17(19-8-2-10-22-13-14-3-4-14)20-11-15-7-9-21(12-15)16-5-6-16;/h14-16H,2-13H2,1H3,(H2,18,19,20);1H. The van der Waals surface area contributed by atoms with E-state index >= 15 is 0 Å². The maximum Gasteiger partial charge on any atom is 0.190 e. The molecule has 6 heteroatoms. The molecule has 1 unspecified atom stereocenters. The third-order valence-electron chi connectivity index (χ3n) is 4.97. The number of rotatable bonds is 9. The molecule has 3 rings (SSSR count). The van der Waals surface area contributed by atoms with Crippen molar-refractivity contribution in [2.75, 3.05) is 46.4 Å². The summed E-state index contributed by atoms with van der Waals surface area (Å²) in [5.74, 6) is 2.58. The fourth-order valence-electron chi connectivity index (χ4n) is 3.18. The highest BCUT2D eigenvalue weighted by Gasteiger charge is 2.34. The summed E-state index contributed by atoms with van der Waals surface area (Å²) in [6.07, 6.45) is 7.96. The predicted molar refractivity (Wildman–Crippen MR) is 106 cm³/mol. The number of halogens is 1. The molecule has 0 spiro atoms. The third-order valence-corrected chi connectivity index (χ3v) is 4.97. The molecule has 1 saturated heterocycles. The van der Waals surface area contributed by atoms with Crippen LogP contribution in [0, 0.1) is 11.8 Å². The summed E-state index contributed by atoms with van der Waals surface area (Å²) in [7, 11) is 1.85. The molecule has 0 radical (unpaired) electrons. The SMILES string of the molecule is CN=C(NCCCOCC1CC1)NCC1CCN(C2CC2)C1.I. The Labute approximate surface area is 158 Å². The molecule has 23 heavy (non-hydrogen) atoms. The van der Waals surface area contributed by atoms with Crippen molar-refractivity contribution in [2.24, 2.45) is 16.8 Å². The minimum absolute atomic E-state index is 0. The summed E-state index contributed by atoms with van der Waals surface area (Å²) in [4.78, 5) is 6.98. The van der Waals surface area contributed by atoms with E-state index in [2.05, 4.69) is 20.5 Å². The van der Waals surface area contributed by atoms with E-state index in [0.717, 1.165) is 56.6 Å². The van der Waals surface area contributed by atoms with Crippen LogP contribution in [-0.2, 0) is 4.74 Å². The Morgan fingerprint density at radius 3 is 2.65 bits per heavy atom. The van der Waals surface area contributed by atoms with Gasteiger partial charge >= 0.3 is 0 Å². The van der Waals surface area contributed by atoms with Crippen LogP contribution in [0.25, 0.3) is 0 Å². The highest BCUT2D eigenvalue weighted by Crippen LogP contribution is 2.31. The molecule has 2 aliphatic carbocycles. The van der Waals surface area contributed by atoms with Crippen molar-refractivity contribution >= 4 is 29.9 Å². The van der Waals surface area contributed by atoms with Gasteiger partial charge in [0.05, 0.1) is 0 Å². The zero-order valence-electron chi connectivity index (χ0n) is 14.4. The fraction of sp³-hybridized carbons (Fsp3) is 0.941. The van der Waals surface area contributed by atoms with Gasteiger partial charge in [-0.2, -0.15) is 0 Å². The van der Waals surface area contributed by atoms with E-state index < -0.39 is 0 Å². The third kappa shape index (κ3) is 7.13. The lowest BCUT2D eigenvalue weighted by atomic mass is 10.1. The Hall–Kier alpha value is -0.0800. The topological polar surface area (TPSA) is 48.9 Å². The van der Waals surface area contributed by atoms with Crippen molar-refractivity contribution < 1.29 is 4.74 Å². The average Bonchev–Trinajstić information content (AvgIpc) is 3.46. The lowest BCUT2D eigenvalue weighted by molar-refractivity contribution is 0.123. The number of hydrogen-bond acceptors (Lipinski definition) is 3. The van der Waals surface area contributed by atoms with E-state index in [-0.39, 0.29) is 24.0 Å². The molecule has 1 aliphatic heterocycles. The van der Waals surface area contributed by atoms with Crippen LogP contribution < -0.4 is 10.6 Å². The van der Waals surface area contributed by atoms with Gasteiger partial charge in [-0.05, 0) is 56.9 Å². The van der Waals surface area contributed by atoms with Crippen LogP contribution in [0.1, 0.15) is 38.5 Å². The van der Waals surface area contributed by atoms with Crippen LogP contribution in [0.5, 0.6) is 0 Å². The van der Waals surface area contributed by atoms with E-state index in [9.17, 15) is 0 Å². The van der Waals surface area contributed by atoms with Gasteiger partial charge < -0.3 is 20.3 Å². The molecule has 1 atom stereocenters. The number of nitrogens with one attached hydrogen (secondary N) is 2. The maximum absolute atomic E-state index is 5.65. The van der Waals surface area contributed by atoms with Crippen LogP contribution >= 0.6 is 24.0 Å². The monoisotopic (exact) mass is 436 g/mol. The molecule has 0 aromatic rings. The van der Waals surface area contributed by atoms with Gasteiger partial charge in [0.2, 0.25) is 0 Å². The molecule has 0 aromatic heterocycles. The summed E-state index contributed by atoms with van der Waals surface area (Å²) >= 11 is 0. The van der Waals surface area contributed by atoms with Gasteiger partial charge in [0, 0.05) is 45.9 Å². The highest BCUT2D eigenvalue weighted by atomic mass is 127. The van der Waals surface area contributed by atoms with Crippen LogP contribution in [0.15, 0.2) is 4.99 Å². The Bertz CT molecular complexity index is 372. The van der Waals surface area contributed by atoms with E-state index in [1.165, 1.54) is 45.2 Å². The van der Waals surface area contributed by atoms with Gasteiger partial charge in [-0.1, -0.05) is 0 Å². The van der Waals surface area contributed by atoms with Crippen LogP contribution in [0.3, 0.4) is 0 Å². The Morgan fingerprint density at radius 1 is 1.13 bits per heavy atom. The Kier molecular flexibility index (Phi) is 8.40. The molecule has 2 N–H and O–H groups in total. The number of hydrogen-bond donors (Lipinski definition) is 2. The second-order valence-corrected chi connectivity index (χ2v) is 7.13. The van der Waals surface area contributed by atoms with Gasteiger partial charge in [-0.15, -0.1) is 24.0 Å². The van der Waals surface area contributed by atoms with Crippen molar-refractivity contribution in [3.8, 4) is 0 Å². The first-order valence-corrected chi connectivity index (χ1v) is 9.11. The molecular weight excluding hydrogens is 403 g/mol. The predicted octanol–water partition coefficient (Wildman–Crippen LogP) is 2.07. The molecule has 0 amide bonds. The summed E-state index contributed by atoms with van der Waals surface area (Å²) in [6, 6.07) is 0.915. The molecule has 3 aliphatic rings. The molecule has 2 saturated carbocycles. The maximum atomic E-state index is 5.65. The van der Waals surface area contributed by atoms with Gasteiger partial charge in [0.15, 0.2) is 5.96 Å². The molecule has 1 heterocycles. The van der Waals surface area contributed by atoms with Gasteiger partial charge in [-0.25, -0.2) is 0 Å². The number of aliphatic imine (C=N–C) groups is 1. The number of guanidine groups is 1. The quantitative estimate of drug-likeness (QED) is 0.252. The number of likely N-dealkylation sites (tertiary alicyclic amines) is 1. The fourth-order valence-corrected chi connectivity index (χ4v) is 3.18. The lowest BCUT2D eigenvalue weighted by Gasteiger charge is -2.17. The first-order chi connectivity index (χ1) is 10.8. The van der Waals surface area contributed by atoms with Crippen molar-refractivity contribution in [1.29, 1.82) is 0 Å². The molecule has 3 fully saturated rings. The van der Waals surface area contributed by atoms with E-state index in [1.807, 2.05) is 7.05 Å². The van der Waals surface area contributed by atoms with E-state index in [0.29, 0.717) is 0 Å². The summed E-state index contributed by atoms with van der Waals surface area (Å²) < 4.78 is 5.65. The second kappa shape index (κ2) is 10.0. The van der Waals surface area contributed by atoms with Crippen LogP contribution in [0.4, 0.5) is 0 Å². The second-order valence-electron chi connectivity index (χ2n) is 7.13. The van der Waals surface area contributed by atoms with Crippen molar-refractivity contribution in [3.05, 3.63) is 0 Å². The lowest BCUT2D eigenvalue weighted by Crippen LogP contribution is -2.40. The van der Waals surface area contributed by atoms with Gasteiger partial charge in [0.1, 0.15) is 0 Å². The summed E-state index contributed by atoms with van der Waals surface area (Å²) in [5, 5.41) is 6.87. The first kappa shape index (κ1) is 19.2. The van der Waals surface area contributed by atoms with Gasteiger partial charge in [-0.3, -0.25) is 4.99 Å². The summed E-state index contributed by atoms with van der Waals surface area (Å²) in [5.41, 5.74) is 0. The smallest absolute Gasteiger partial charge is 0.190 e. The molecule has 0 bridgehead atoms. The minimum Gasteiger partial charge on any atom is -0.381 e. The van der Waals surface area contributed by atoms with Gasteiger partial charge in [0.25, 0.3) is 0 Å². The largest absolute Gasteiger partial charge is 0.381 e. The van der Waals surface area contributed by atoms with E-state index in [1.54, 1.807) is 0 Å². The normalized spacial score (nSPS) is 25.3. The minimum atomic E-state index is 0.